The molecular weight excluding hydrogens is 234 g/mol. The molecule has 0 amide bonds. The van der Waals surface area contributed by atoms with Crippen molar-refractivity contribution in [3.63, 3.8) is 0 Å². The third-order valence-corrected chi connectivity index (χ3v) is 2.33. The van der Waals surface area contributed by atoms with E-state index in [0.29, 0.717) is 19.8 Å². The minimum Gasteiger partial charge on any atom is -0.476 e. The van der Waals surface area contributed by atoms with Crippen LogP contribution in [0.1, 0.15) is 16.1 Å². The second kappa shape index (κ2) is 5.92. The van der Waals surface area contributed by atoms with E-state index in [1.165, 1.54) is 10.9 Å². The quantitative estimate of drug-likeness (QED) is 0.776. The molecule has 2 aromatic rings. The lowest BCUT2D eigenvalue weighted by Gasteiger charge is -2.03. The van der Waals surface area contributed by atoms with E-state index in [1.807, 2.05) is 30.3 Å². The monoisotopic (exact) mass is 247 g/mol. The number of benzene rings is 1. The molecule has 1 aromatic heterocycles. The minimum atomic E-state index is -1.08. The van der Waals surface area contributed by atoms with Crippen LogP contribution in [0.5, 0.6) is 0 Å². The molecule has 0 bridgehead atoms. The average Bonchev–Trinajstić information content (AvgIpc) is 2.85. The van der Waals surface area contributed by atoms with Gasteiger partial charge in [-0.05, 0) is 5.56 Å². The maximum absolute atomic E-state index is 10.6. The second-order valence-corrected chi connectivity index (χ2v) is 3.71. The molecule has 0 saturated carbocycles. The smallest absolute Gasteiger partial charge is 0.358 e. The molecule has 1 aromatic carbocycles. The average molecular weight is 247 g/mol. The molecule has 0 saturated heterocycles. The number of aromatic carboxylic acids is 1. The first-order valence-electron chi connectivity index (χ1n) is 5.51. The van der Waals surface area contributed by atoms with Crippen LogP contribution in [0.25, 0.3) is 0 Å². The van der Waals surface area contributed by atoms with Crippen molar-refractivity contribution < 1.29 is 14.6 Å². The van der Waals surface area contributed by atoms with Crippen molar-refractivity contribution in [1.29, 1.82) is 0 Å². The van der Waals surface area contributed by atoms with Crippen molar-refractivity contribution in [3.8, 4) is 0 Å². The molecule has 0 unspecified atom stereocenters. The number of carboxylic acid groups (broad SMARTS) is 1. The van der Waals surface area contributed by atoms with E-state index < -0.39 is 5.97 Å². The Hall–Kier alpha value is -2.21. The van der Waals surface area contributed by atoms with Crippen molar-refractivity contribution in [1.82, 2.24) is 15.0 Å². The molecule has 0 aliphatic heterocycles. The van der Waals surface area contributed by atoms with E-state index >= 15 is 0 Å². The zero-order valence-corrected chi connectivity index (χ0v) is 9.69. The molecule has 18 heavy (non-hydrogen) atoms. The fourth-order valence-electron chi connectivity index (χ4n) is 1.43. The lowest BCUT2D eigenvalue weighted by Crippen LogP contribution is -2.06. The van der Waals surface area contributed by atoms with Gasteiger partial charge in [0.25, 0.3) is 0 Å². The SMILES string of the molecule is O=C(O)c1cn(CCOCc2ccccc2)nn1. The highest BCUT2D eigenvalue weighted by molar-refractivity contribution is 5.84. The van der Waals surface area contributed by atoms with Crippen molar-refractivity contribution in [2.24, 2.45) is 0 Å². The molecule has 0 fully saturated rings. The highest BCUT2D eigenvalue weighted by Gasteiger charge is 2.07. The summed E-state index contributed by atoms with van der Waals surface area (Å²) in [7, 11) is 0. The third-order valence-electron chi connectivity index (χ3n) is 2.33. The molecule has 0 aliphatic carbocycles. The van der Waals surface area contributed by atoms with Gasteiger partial charge in [0.05, 0.1) is 26.0 Å². The maximum Gasteiger partial charge on any atom is 0.358 e. The van der Waals surface area contributed by atoms with E-state index in [-0.39, 0.29) is 5.69 Å². The van der Waals surface area contributed by atoms with Crippen LogP contribution in [-0.4, -0.2) is 32.7 Å². The second-order valence-electron chi connectivity index (χ2n) is 3.71. The Bertz CT molecular complexity index is 510. The molecule has 0 radical (unpaired) electrons. The van der Waals surface area contributed by atoms with Gasteiger partial charge in [-0.25, -0.2) is 9.48 Å². The van der Waals surface area contributed by atoms with Crippen LogP contribution < -0.4 is 0 Å². The molecule has 1 N–H and O–H groups in total. The molecule has 0 spiro atoms. The first kappa shape index (κ1) is 12.3. The van der Waals surface area contributed by atoms with Crippen LogP contribution in [0.2, 0.25) is 0 Å². The third kappa shape index (κ3) is 3.39. The standard InChI is InChI=1S/C12H13N3O3/c16-12(17)11-8-15(14-13-11)6-7-18-9-10-4-2-1-3-5-10/h1-5,8H,6-7,9H2,(H,16,17). The molecule has 94 valence electrons. The lowest BCUT2D eigenvalue weighted by molar-refractivity contribution is 0.0690. The minimum absolute atomic E-state index is 0.0574. The van der Waals surface area contributed by atoms with E-state index in [9.17, 15) is 4.79 Å². The summed E-state index contributed by atoms with van der Waals surface area (Å²) in [5.74, 6) is -1.08. The van der Waals surface area contributed by atoms with E-state index in [0.717, 1.165) is 5.56 Å². The molecule has 2 rings (SSSR count). The van der Waals surface area contributed by atoms with Gasteiger partial charge in [-0.2, -0.15) is 0 Å². The van der Waals surface area contributed by atoms with Crippen LogP contribution in [0.3, 0.4) is 0 Å². The molecule has 0 atom stereocenters. The predicted octanol–water partition coefficient (Wildman–Crippen LogP) is 1.19. The van der Waals surface area contributed by atoms with Gasteiger partial charge >= 0.3 is 5.97 Å². The van der Waals surface area contributed by atoms with Crippen molar-refractivity contribution >= 4 is 5.97 Å². The van der Waals surface area contributed by atoms with Gasteiger partial charge in [0.15, 0.2) is 5.69 Å². The van der Waals surface area contributed by atoms with Crippen LogP contribution in [-0.2, 0) is 17.9 Å². The van der Waals surface area contributed by atoms with Crippen LogP contribution in [0, 0.1) is 0 Å². The summed E-state index contributed by atoms with van der Waals surface area (Å²) in [6, 6.07) is 9.83. The van der Waals surface area contributed by atoms with Gasteiger partial charge < -0.3 is 9.84 Å². The van der Waals surface area contributed by atoms with Gasteiger partial charge in [0.2, 0.25) is 0 Å². The summed E-state index contributed by atoms with van der Waals surface area (Å²) in [5, 5.41) is 15.9. The Morgan fingerprint density at radius 2 is 2.11 bits per heavy atom. The van der Waals surface area contributed by atoms with Crippen molar-refractivity contribution in [2.75, 3.05) is 6.61 Å². The summed E-state index contributed by atoms with van der Waals surface area (Å²) in [4.78, 5) is 10.6. The van der Waals surface area contributed by atoms with Gasteiger partial charge in [-0.3, -0.25) is 0 Å². The number of carbonyl (C=O) groups is 1. The number of carboxylic acids is 1. The Balaban J connectivity index is 1.73. The van der Waals surface area contributed by atoms with Crippen LogP contribution in [0.15, 0.2) is 36.5 Å². The normalized spacial score (nSPS) is 10.4. The van der Waals surface area contributed by atoms with Crippen molar-refractivity contribution in [3.05, 3.63) is 47.8 Å². The van der Waals surface area contributed by atoms with E-state index in [2.05, 4.69) is 10.3 Å². The Morgan fingerprint density at radius 1 is 1.33 bits per heavy atom. The molecule has 6 heteroatoms. The topological polar surface area (TPSA) is 77.2 Å². The number of nitrogens with zero attached hydrogens (tertiary/aromatic N) is 3. The largest absolute Gasteiger partial charge is 0.476 e. The summed E-state index contributed by atoms with van der Waals surface area (Å²) >= 11 is 0. The van der Waals surface area contributed by atoms with Gasteiger partial charge in [-0.1, -0.05) is 35.5 Å². The fourth-order valence-corrected chi connectivity index (χ4v) is 1.43. The Kier molecular flexibility index (Phi) is 4.03. The number of ether oxygens (including phenoxy) is 1. The summed E-state index contributed by atoms with van der Waals surface area (Å²) in [6.45, 7) is 1.46. The van der Waals surface area contributed by atoms with Gasteiger partial charge in [-0.15, -0.1) is 5.10 Å². The van der Waals surface area contributed by atoms with E-state index in [1.54, 1.807) is 0 Å². The van der Waals surface area contributed by atoms with E-state index in [4.69, 9.17) is 9.84 Å². The first-order chi connectivity index (χ1) is 8.75. The summed E-state index contributed by atoms with van der Waals surface area (Å²) < 4.78 is 6.91. The first-order valence-corrected chi connectivity index (χ1v) is 5.51. The van der Waals surface area contributed by atoms with Crippen LogP contribution in [0.4, 0.5) is 0 Å². The van der Waals surface area contributed by atoms with Crippen molar-refractivity contribution in [2.45, 2.75) is 13.2 Å². The van der Waals surface area contributed by atoms with Gasteiger partial charge in [0, 0.05) is 0 Å². The highest BCUT2D eigenvalue weighted by atomic mass is 16.5. The molecule has 0 aliphatic rings. The van der Waals surface area contributed by atoms with Crippen LogP contribution >= 0.6 is 0 Å². The Labute approximate surface area is 104 Å². The number of hydrogen-bond donors (Lipinski definition) is 1. The molecule has 6 nitrogen and oxygen atoms in total. The molecular formula is C12H13N3O3. The highest BCUT2D eigenvalue weighted by Crippen LogP contribution is 2.00. The Morgan fingerprint density at radius 3 is 2.78 bits per heavy atom. The number of rotatable bonds is 6. The predicted molar refractivity (Wildman–Crippen MR) is 63.1 cm³/mol. The molecule has 1 heterocycles. The lowest BCUT2D eigenvalue weighted by atomic mass is 10.2. The zero-order chi connectivity index (χ0) is 12.8. The summed E-state index contributed by atoms with van der Waals surface area (Å²) in [5.41, 5.74) is 1.04. The van der Waals surface area contributed by atoms with Gasteiger partial charge in [0.1, 0.15) is 0 Å². The zero-order valence-electron chi connectivity index (χ0n) is 9.69. The fraction of sp³-hybridized carbons (Fsp3) is 0.250. The number of aromatic nitrogens is 3. The number of hydrogen-bond acceptors (Lipinski definition) is 4. The maximum atomic E-state index is 10.6. The summed E-state index contributed by atoms with van der Waals surface area (Å²) in [6.07, 6.45) is 1.38.